The Labute approximate surface area is 50.0 Å². The lowest BCUT2D eigenvalue weighted by Crippen LogP contribution is -1.90. The number of rotatable bonds is 0. The molecule has 1 fully saturated rings. The number of cyclic esters (lactones) is 1. The van der Waals surface area contributed by atoms with E-state index in [0.717, 1.165) is 0 Å². The maximum atomic E-state index is 10.2. The van der Waals surface area contributed by atoms with Crippen molar-refractivity contribution in [2.75, 3.05) is 0 Å². The first-order valence-electron chi connectivity index (χ1n) is 1.96. The Bertz CT molecular complexity index is 91.7. The van der Waals surface area contributed by atoms with E-state index in [4.69, 9.17) is 0 Å². The van der Waals surface area contributed by atoms with Crippen molar-refractivity contribution in [3.05, 3.63) is 6.61 Å². The number of alkyl halides is 1. The predicted molar refractivity (Wildman–Crippen MR) is 27.7 cm³/mol. The second kappa shape index (κ2) is 1.82. The number of ether oxygens (including phenoxy) is 1. The van der Waals surface area contributed by atoms with Gasteiger partial charge >= 0.3 is 5.97 Å². The van der Waals surface area contributed by atoms with E-state index in [0.29, 0.717) is 6.42 Å². The lowest BCUT2D eigenvalue weighted by Gasteiger charge is -1.84. The van der Waals surface area contributed by atoms with Crippen molar-refractivity contribution < 1.29 is 9.53 Å². The van der Waals surface area contributed by atoms with Gasteiger partial charge in [-0.15, -0.1) is 0 Å². The first-order chi connectivity index (χ1) is 3.29. The van der Waals surface area contributed by atoms with Gasteiger partial charge in [-0.3, -0.25) is 4.79 Å². The highest BCUT2D eigenvalue weighted by Crippen LogP contribution is 2.17. The van der Waals surface area contributed by atoms with Crippen molar-refractivity contribution in [3.8, 4) is 0 Å². The Balaban J connectivity index is 2.40. The summed E-state index contributed by atoms with van der Waals surface area (Å²) in [5, 5.41) is 0. The molecule has 0 aromatic rings. The van der Waals surface area contributed by atoms with Crippen molar-refractivity contribution in [1.82, 2.24) is 0 Å². The van der Waals surface area contributed by atoms with Crippen molar-refractivity contribution in [2.45, 2.75) is 11.2 Å². The number of carbonyl (C=O) groups is 1. The molecular formula is C4H4BrO2. The normalized spacial score (nSPS) is 30.4. The van der Waals surface area contributed by atoms with Gasteiger partial charge in [-0.25, -0.2) is 0 Å². The average molecular weight is 164 g/mol. The van der Waals surface area contributed by atoms with Gasteiger partial charge in [0, 0.05) is 0 Å². The molecule has 7 heavy (non-hydrogen) atoms. The molecule has 0 aromatic heterocycles. The third kappa shape index (κ3) is 1.16. The van der Waals surface area contributed by atoms with Crippen LogP contribution in [0.5, 0.6) is 0 Å². The highest BCUT2D eigenvalue weighted by Gasteiger charge is 2.20. The largest absolute Gasteiger partial charge is 0.457 e. The highest BCUT2D eigenvalue weighted by atomic mass is 79.9. The molecule has 1 aliphatic rings. The Morgan fingerprint density at radius 3 is 2.86 bits per heavy atom. The summed E-state index contributed by atoms with van der Waals surface area (Å²) < 4.78 is 4.45. The molecule has 1 saturated heterocycles. The summed E-state index contributed by atoms with van der Waals surface area (Å²) in [6, 6.07) is 0. The molecule has 1 rings (SSSR count). The van der Waals surface area contributed by atoms with Crippen molar-refractivity contribution in [2.24, 2.45) is 0 Å². The van der Waals surface area contributed by atoms with Crippen LogP contribution in [-0.4, -0.2) is 10.8 Å². The van der Waals surface area contributed by atoms with Crippen LogP contribution in [0.25, 0.3) is 0 Å². The van der Waals surface area contributed by atoms with E-state index in [1.807, 2.05) is 0 Å². The zero-order valence-corrected chi connectivity index (χ0v) is 5.14. The lowest BCUT2D eigenvalue weighted by atomic mass is 10.4. The number of esters is 1. The molecule has 0 saturated carbocycles. The zero-order valence-electron chi connectivity index (χ0n) is 3.56. The van der Waals surface area contributed by atoms with E-state index in [-0.39, 0.29) is 10.8 Å². The minimum atomic E-state index is -0.151. The van der Waals surface area contributed by atoms with Crippen LogP contribution in [-0.2, 0) is 9.53 Å². The summed E-state index contributed by atoms with van der Waals surface area (Å²) in [6.45, 7) is 1.49. The Kier molecular flexibility index (Phi) is 1.32. The van der Waals surface area contributed by atoms with Gasteiger partial charge in [-0.1, -0.05) is 15.9 Å². The van der Waals surface area contributed by atoms with Gasteiger partial charge in [0.25, 0.3) is 0 Å². The minimum absolute atomic E-state index is 0.139. The van der Waals surface area contributed by atoms with Crippen LogP contribution < -0.4 is 0 Å². The van der Waals surface area contributed by atoms with E-state index in [1.165, 1.54) is 6.61 Å². The molecule has 1 heterocycles. The molecule has 2 nitrogen and oxygen atoms in total. The molecule has 1 unspecified atom stereocenters. The first-order valence-corrected chi connectivity index (χ1v) is 2.87. The fourth-order valence-corrected chi connectivity index (χ4v) is 0.777. The van der Waals surface area contributed by atoms with Crippen LogP contribution in [0, 0.1) is 6.61 Å². The van der Waals surface area contributed by atoms with E-state index in [9.17, 15) is 4.79 Å². The van der Waals surface area contributed by atoms with Crippen LogP contribution in [0.1, 0.15) is 6.42 Å². The Morgan fingerprint density at radius 1 is 2.00 bits per heavy atom. The second-order valence-electron chi connectivity index (χ2n) is 1.35. The topological polar surface area (TPSA) is 26.3 Å². The first kappa shape index (κ1) is 5.09. The Hall–Kier alpha value is -0.0500. The molecule has 39 valence electrons. The van der Waals surface area contributed by atoms with E-state index < -0.39 is 0 Å². The van der Waals surface area contributed by atoms with E-state index >= 15 is 0 Å². The summed E-state index contributed by atoms with van der Waals surface area (Å²) >= 11 is 3.18. The van der Waals surface area contributed by atoms with Crippen LogP contribution in [0.2, 0.25) is 0 Å². The van der Waals surface area contributed by atoms with Crippen LogP contribution in [0.15, 0.2) is 0 Å². The van der Waals surface area contributed by atoms with Crippen molar-refractivity contribution >= 4 is 21.9 Å². The summed E-state index contributed by atoms with van der Waals surface area (Å²) in [5.41, 5.74) is 0. The molecule has 1 aliphatic heterocycles. The smallest absolute Gasteiger partial charge is 0.307 e. The highest BCUT2D eigenvalue weighted by molar-refractivity contribution is 9.09. The van der Waals surface area contributed by atoms with Crippen LogP contribution in [0.4, 0.5) is 0 Å². The standard InChI is InChI=1S/C4H4BrO2/c5-3-1-4(6)7-2-3/h2-3H,1H2. The predicted octanol–water partition coefficient (Wildman–Crippen LogP) is 0.859. The van der Waals surface area contributed by atoms with Crippen molar-refractivity contribution in [3.63, 3.8) is 0 Å². The number of hydrogen-bond acceptors (Lipinski definition) is 2. The quantitative estimate of drug-likeness (QED) is 0.392. The summed E-state index contributed by atoms with van der Waals surface area (Å²) in [4.78, 5) is 10.3. The maximum absolute atomic E-state index is 10.2. The number of carbonyl (C=O) groups excluding carboxylic acids is 1. The van der Waals surface area contributed by atoms with Crippen molar-refractivity contribution in [1.29, 1.82) is 0 Å². The molecule has 1 radical (unpaired) electrons. The second-order valence-corrected chi connectivity index (χ2v) is 2.52. The van der Waals surface area contributed by atoms with Gasteiger partial charge in [0.2, 0.25) is 0 Å². The van der Waals surface area contributed by atoms with Gasteiger partial charge in [-0.05, 0) is 0 Å². The molecule has 0 bridgehead atoms. The minimum Gasteiger partial charge on any atom is -0.457 e. The third-order valence-electron chi connectivity index (χ3n) is 0.709. The van der Waals surface area contributed by atoms with Gasteiger partial charge in [-0.2, -0.15) is 0 Å². The van der Waals surface area contributed by atoms with E-state index in [1.54, 1.807) is 0 Å². The van der Waals surface area contributed by atoms with Crippen LogP contribution in [0.3, 0.4) is 0 Å². The Morgan fingerprint density at radius 2 is 2.71 bits per heavy atom. The molecule has 0 amide bonds. The number of halogens is 1. The van der Waals surface area contributed by atoms with Gasteiger partial charge in [0.15, 0.2) is 6.61 Å². The molecule has 0 N–H and O–H groups in total. The lowest BCUT2D eigenvalue weighted by molar-refractivity contribution is -0.135. The summed E-state index contributed by atoms with van der Waals surface area (Å²) in [7, 11) is 0. The van der Waals surface area contributed by atoms with Gasteiger partial charge in [0.1, 0.15) is 0 Å². The fraction of sp³-hybridized carbons (Fsp3) is 0.500. The zero-order chi connectivity index (χ0) is 5.28. The molecule has 0 aromatic carbocycles. The number of hydrogen-bond donors (Lipinski definition) is 0. The van der Waals surface area contributed by atoms with Gasteiger partial charge in [0.05, 0.1) is 11.2 Å². The third-order valence-corrected chi connectivity index (χ3v) is 1.25. The average Bonchev–Trinajstić information content (AvgIpc) is 1.87. The SMILES string of the molecule is O=C1CC(Br)[CH]O1. The molecule has 3 heteroatoms. The maximum Gasteiger partial charge on any atom is 0.307 e. The molecular weight excluding hydrogens is 160 g/mol. The molecule has 0 aliphatic carbocycles. The van der Waals surface area contributed by atoms with E-state index in [2.05, 4.69) is 20.7 Å². The summed E-state index contributed by atoms with van der Waals surface area (Å²) in [6.07, 6.45) is 0.472. The molecule has 0 spiro atoms. The molecule has 1 atom stereocenters. The monoisotopic (exact) mass is 163 g/mol. The summed E-state index contributed by atoms with van der Waals surface area (Å²) in [5.74, 6) is -0.151. The fourth-order valence-electron chi connectivity index (χ4n) is 0.405. The van der Waals surface area contributed by atoms with Crippen LogP contribution >= 0.6 is 15.9 Å². The van der Waals surface area contributed by atoms with Gasteiger partial charge < -0.3 is 4.74 Å².